The van der Waals surface area contributed by atoms with Gasteiger partial charge in [0.05, 0.1) is 35.9 Å². The summed E-state index contributed by atoms with van der Waals surface area (Å²) in [4.78, 5) is 16.0. The van der Waals surface area contributed by atoms with E-state index in [2.05, 4.69) is 94.7 Å². The molecule has 0 radical (unpaired) electrons. The molecule has 3 aliphatic rings. The van der Waals surface area contributed by atoms with Gasteiger partial charge < -0.3 is 29.7 Å². The van der Waals surface area contributed by atoms with Crippen molar-refractivity contribution in [3.8, 4) is 16.9 Å². The van der Waals surface area contributed by atoms with Crippen molar-refractivity contribution in [2.75, 3.05) is 26.4 Å². The second-order valence-corrected chi connectivity index (χ2v) is 12.0. The lowest BCUT2D eigenvalue weighted by atomic mass is 9.91. The predicted molar refractivity (Wildman–Crippen MR) is 188 cm³/mol. The molecule has 1 aromatic carbocycles. The van der Waals surface area contributed by atoms with Gasteiger partial charge in [-0.15, -0.1) is 0 Å². The first kappa shape index (κ1) is 30.5. The van der Waals surface area contributed by atoms with E-state index in [0.29, 0.717) is 26.1 Å². The van der Waals surface area contributed by atoms with Crippen molar-refractivity contribution in [2.24, 2.45) is 5.92 Å². The topological polar surface area (TPSA) is 118 Å². The Bertz CT molecular complexity index is 1990. The molecule has 5 N–H and O–H groups in total. The first-order valence-corrected chi connectivity index (χ1v) is 16.2. The molecular formula is C39H39N4O4+. The van der Waals surface area contributed by atoms with Crippen LogP contribution in [0.2, 0.25) is 0 Å². The molecule has 0 saturated heterocycles. The van der Waals surface area contributed by atoms with Gasteiger partial charge in [-0.3, -0.25) is 0 Å². The van der Waals surface area contributed by atoms with Crippen molar-refractivity contribution in [3.05, 3.63) is 107 Å². The minimum atomic E-state index is 0.0954. The summed E-state index contributed by atoms with van der Waals surface area (Å²) >= 11 is 0. The van der Waals surface area contributed by atoms with Crippen LogP contribution in [-0.4, -0.2) is 51.6 Å². The Morgan fingerprint density at radius 1 is 0.830 bits per heavy atom. The number of benzene rings is 1. The van der Waals surface area contributed by atoms with Gasteiger partial charge in [0.25, 0.3) is 0 Å². The SMILES string of the molecule is CC1CC=C(c2c3nc(cc4ccc([nH]4)c(-c4cccc(OCCCO)c4)c4ccc(cc5[nH+]c2C=C5)[nH]4)C=C3)C=C1OCCCO. The number of H-pyrrole nitrogens is 3. The van der Waals surface area contributed by atoms with Gasteiger partial charge in [0.1, 0.15) is 5.75 Å². The summed E-state index contributed by atoms with van der Waals surface area (Å²) in [6, 6.07) is 20.6. The van der Waals surface area contributed by atoms with E-state index in [1.165, 1.54) is 0 Å². The number of nitrogens with one attached hydrogen (secondary N) is 3. The maximum Gasteiger partial charge on any atom is 0.214 e. The van der Waals surface area contributed by atoms with E-state index in [1.54, 1.807) is 0 Å². The molecule has 4 aromatic rings. The molecule has 0 fully saturated rings. The van der Waals surface area contributed by atoms with E-state index in [4.69, 9.17) is 14.5 Å². The van der Waals surface area contributed by atoms with Gasteiger partial charge in [-0.1, -0.05) is 25.1 Å². The van der Waals surface area contributed by atoms with Crippen LogP contribution in [0.15, 0.2) is 78.6 Å². The molecular weight excluding hydrogens is 588 g/mol. The average Bonchev–Trinajstić information content (AvgIpc) is 3.90. The third-order valence-corrected chi connectivity index (χ3v) is 8.49. The van der Waals surface area contributed by atoms with Gasteiger partial charge in [-0.25, -0.2) is 9.97 Å². The van der Waals surface area contributed by atoms with Gasteiger partial charge in [-0.2, -0.15) is 0 Å². The lowest BCUT2D eigenvalue weighted by molar-refractivity contribution is -0.379. The molecule has 47 heavy (non-hydrogen) atoms. The van der Waals surface area contributed by atoms with Gasteiger partial charge in [0, 0.05) is 77.8 Å². The minimum Gasteiger partial charge on any atom is -0.498 e. The van der Waals surface area contributed by atoms with E-state index in [-0.39, 0.29) is 19.1 Å². The van der Waals surface area contributed by atoms with Crippen LogP contribution in [0.3, 0.4) is 0 Å². The molecule has 8 heteroatoms. The second-order valence-electron chi connectivity index (χ2n) is 12.0. The highest BCUT2D eigenvalue weighted by Crippen LogP contribution is 2.35. The maximum atomic E-state index is 9.26. The number of aliphatic hydroxyl groups is 2. The number of aliphatic hydroxyl groups excluding tert-OH is 2. The third-order valence-electron chi connectivity index (χ3n) is 8.49. The van der Waals surface area contributed by atoms with Crippen LogP contribution >= 0.6 is 0 Å². The quantitative estimate of drug-likeness (QED) is 0.120. The zero-order valence-corrected chi connectivity index (χ0v) is 26.4. The lowest BCUT2D eigenvalue weighted by Gasteiger charge is -2.21. The number of hydrogen-bond acceptors (Lipinski definition) is 5. The van der Waals surface area contributed by atoms with Gasteiger partial charge in [0.2, 0.25) is 11.4 Å². The van der Waals surface area contributed by atoms with Crippen molar-refractivity contribution < 1.29 is 24.7 Å². The highest BCUT2D eigenvalue weighted by Gasteiger charge is 2.23. The molecule has 0 spiro atoms. The number of rotatable bonds is 10. The summed E-state index contributed by atoms with van der Waals surface area (Å²) in [5, 5.41) is 18.5. The average molecular weight is 628 g/mol. The van der Waals surface area contributed by atoms with Crippen molar-refractivity contribution in [1.82, 2.24) is 15.0 Å². The standard InChI is InChI=1S/C39H38N4O4/c1-25-7-8-27(22-37(25)47-20-4-18-45)39-35-15-11-30(42-35)23-28-9-13-33(40-28)38(26-5-2-6-32(21-26)46-19-3-17-44)34-14-10-29(41-34)24-31-12-16-36(39)43-31/h2,5-6,8-16,21-25,40-41,44-45H,3-4,7,17-20H2,1H3/p+1. The number of ether oxygens (including phenoxy) is 2. The molecule has 8 nitrogen and oxygen atoms in total. The molecule has 8 bridgehead atoms. The highest BCUT2D eigenvalue weighted by atomic mass is 16.5. The Kier molecular flexibility index (Phi) is 8.86. The molecule has 238 valence electrons. The van der Waals surface area contributed by atoms with Gasteiger partial charge in [-0.05, 0) is 78.3 Å². The Morgan fingerprint density at radius 3 is 2.38 bits per heavy atom. The van der Waals surface area contributed by atoms with Crippen molar-refractivity contribution >= 4 is 51.9 Å². The molecule has 2 aliphatic heterocycles. The van der Waals surface area contributed by atoms with Crippen LogP contribution < -0.4 is 9.72 Å². The van der Waals surface area contributed by atoms with Gasteiger partial charge in [0.15, 0.2) is 0 Å². The molecule has 0 saturated carbocycles. The van der Waals surface area contributed by atoms with Crippen LogP contribution in [0.1, 0.15) is 54.5 Å². The number of hydrogen-bond donors (Lipinski definition) is 4. The molecule has 7 rings (SSSR count). The van der Waals surface area contributed by atoms with E-state index in [9.17, 15) is 10.2 Å². The summed E-state index contributed by atoms with van der Waals surface area (Å²) in [6.45, 7) is 3.32. The van der Waals surface area contributed by atoms with Crippen LogP contribution in [0.4, 0.5) is 0 Å². The first-order chi connectivity index (χ1) is 23.1. The molecule has 1 aliphatic carbocycles. The summed E-state index contributed by atoms with van der Waals surface area (Å²) in [6.07, 6.45) is 14.7. The van der Waals surface area contributed by atoms with E-state index in [0.717, 1.165) is 85.0 Å². The largest absolute Gasteiger partial charge is 0.498 e. The first-order valence-electron chi connectivity index (χ1n) is 16.2. The Balaban J connectivity index is 1.40. The van der Waals surface area contributed by atoms with E-state index < -0.39 is 0 Å². The van der Waals surface area contributed by atoms with Crippen molar-refractivity contribution in [3.63, 3.8) is 0 Å². The third kappa shape index (κ3) is 6.70. The number of aromatic amines is 3. The van der Waals surface area contributed by atoms with Crippen LogP contribution in [-0.2, 0) is 4.74 Å². The molecule has 3 aromatic heterocycles. The lowest BCUT2D eigenvalue weighted by Crippen LogP contribution is -2.12. The van der Waals surface area contributed by atoms with Crippen molar-refractivity contribution in [2.45, 2.75) is 26.2 Å². The summed E-state index contributed by atoms with van der Waals surface area (Å²) in [5.74, 6) is 1.95. The Hall–Kier alpha value is -5.18. The number of fused-ring (bicyclic) bond motifs is 8. The maximum absolute atomic E-state index is 9.26. The highest BCUT2D eigenvalue weighted by molar-refractivity contribution is 5.94. The fourth-order valence-corrected chi connectivity index (χ4v) is 6.13. The fourth-order valence-electron chi connectivity index (χ4n) is 6.13. The molecule has 1 unspecified atom stereocenters. The van der Waals surface area contributed by atoms with Gasteiger partial charge >= 0.3 is 0 Å². The Morgan fingerprint density at radius 2 is 1.60 bits per heavy atom. The number of nitrogens with zero attached hydrogens (tertiary/aromatic N) is 1. The molecule has 1 atom stereocenters. The van der Waals surface area contributed by atoms with Crippen LogP contribution in [0.5, 0.6) is 5.75 Å². The minimum absolute atomic E-state index is 0.0954. The van der Waals surface area contributed by atoms with Crippen LogP contribution in [0, 0.1) is 5.92 Å². The predicted octanol–water partition coefficient (Wildman–Crippen LogP) is 7.21. The zero-order chi connectivity index (χ0) is 32.2. The monoisotopic (exact) mass is 627 g/mol. The summed E-state index contributed by atoms with van der Waals surface area (Å²) in [7, 11) is 0. The Labute approximate surface area is 273 Å². The molecule has 5 heterocycles. The normalized spacial score (nSPS) is 15.4. The van der Waals surface area contributed by atoms with Crippen LogP contribution in [0.25, 0.3) is 63.1 Å². The fraction of sp³-hybridized carbons (Fsp3) is 0.231. The van der Waals surface area contributed by atoms with Crippen molar-refractivity contribution in [1.29, 1.82) is 0 Å². The smallest absolute Gasteiger partial charge is 0.214 e. The number of aromatic nitrogens is 4. The van der Waals surface area contributed by atoms with E-state index >= 15 is 0 Å². The number of allylic oxidation sites excluding steroid dienone is 4. The van der Waals surface area contributed by atoms with E-state index in [1.807, 2.05) is 24.3 Å². The second kappa shape index (κ2) is 13.7. The zero-order valence-electron chi connectivity index (χ0n) is 26.4. The molecule has 0 amide bonds. The summed E-state index contributed by atoms with van der Waals surface area (Å²) < 4.78 is 12.0. The summed E-state index contributed by atoms with van der Waals surface area (Å²) in [5.41, 5.74) is 11.6.